The molecule has 1 aromatic carbocycles. The third-order valence-electron chi connectivity index (χ3n) is 4.66. The van der Waals surface area contributed by atoms with Crippen molar-refractivity contribution in [3.05, 3.63) is 35.4 Å². The van der Waals surface area contributed by atoms with Gasteiger partial charge in [-0.05, 0) is 48.1 Å². The lowest BCUT2D eigenvalue weighted by Crippen LogP contribution is -2.21. The average Bonchev–Trinajstić information content (AvgIpc) is 2.74. The number of rotatable bonds is 7. The summed E-state index contributed by atoms with van der Waals surface area (Å²) in [5.41, 5.74) is 2.87. The van der Waals surface area contributed by atoms with Crippen molar-refractivity contribution in [1.82, 2.24) is 0 Å². The minimum Gasteiger partial charge on any atom is -0.400 e. The Morgan fingerprint density at radius 2 is 1.29 bits per heavy atom. The monoisotopic (exact) mass is 394 g/mol. The smallest absolute Gasteiger partial charge is 0.0514 e. The highest BCUT2D eigenvalue weighted by molar-refractivity contribution is 5.28. The van der Waals surface area contributed by atoms with Crippen LogP contribution in [0, 0.1) is 24.7 Å². The van der Waals surface area contributed by atoms with E-state index in [1.54, 1.807) is 0 Å². The van der Waals surface area contributed by atoms with Crippen LogP contribution in [0.15, 0.2) is 24.3 Å². The Kier molecular flexibility index (Phi) is 29.0. The van der Waals surface area contributed by atoms with Gasteiger partial charge in [-0.3, -0.25) is 0 Å². The number of aliphatic hydroxyl groups excluding tert-OH is 2. The summed E-state index contributed by atoms with van der Waals surface area (Å²) >= 11 is 0. The molecule has 0 unspecified atom stereocenters. The quantitative estimate of drug-likeness (QED) is 0.478. The molecule has 0 aromatic heterocycles. The second-order valence-corrected chi connectivity index (χ2v) is 6.75. The third kappa shape index (κ3) is 14.7. The van der Waals surface area contributed by atoms with E-state index in [1.165, 1.54) is 17.5 Å². The maximum atomic E-state index is 9.64. The molecule has 166 valence electrons. The van der Waals surface area contributed by atoms with Crippen LogP contribution in [0.4, 0.5) is 0 Å². The lowest BCUT2D eigenvalue weighted by molar-refractivity contribution is 0.138. The summed E-state index contributed by atoms with van der Waals surface area (Å²) in [5, 5.41) is 16.6. The Balaban J connectivity index is -0.000000318. The van der Waals surface area contributed by atoms with Gasteiger partial charge in [-0.25, -0.2) is 0 Å². The van der Waals surface area contributed by atoms with Crippen LogP contribution in [0.3, 0.4) is 0 Å². The summed E-state index contributed by atoms with van der Waals surface area (Å²) in [6.45, 7) is 21.3. The molecule has 28 heavy (non-hydrogen) atoms. The highest BCUT2D eigenvalue weighted by atomic mass is 16.3. The van der Waals surface area contributed by atoms with E-state index >= 15 is 0 Å². The zero-order valence-corrected chi connectivity index (χ0v) is 20.7. The van der Waals surface area contributed by atoms with E-state index in [-0.39, 0.29) is 6.10 Å². The molecule has 0 radical (unpaired) electrons. The molecule has 2 heteroatoms. The van der Waals surface area contributed by atoms with Gasteiger partial charge in [0.2, 0.25) is 0 Å². The first-order valence-corrected chi connectivity index (χ1v) is 10.9. The van der Waals surface area contributed by atoms with Gasteiger partial charge in [-0.1, -0.05) is 93.0 Å². The zero-order chi connectivity index (χ0) is 23.3. The second-order valence-electron chi connectivity index (χ2n) is 6.75. The molecule has 0 heterocycles. The summed E-state index contributed by atoms with van der Waals surface area (Å²) in [6, 6.07) is 9.04. The van der Waals surface area contributed by atoms with Gasteiger partial charge in [-0.15, -0.1) is 12.8 Å². The van der Waals surface area contributed by atoms with Crippen molar-refractivity contribution in [2.24, 2.45) is 11.8 Å². The number of benzene rings is 1. The molecule has 0 aliphatic carbocycles. The molecule has 2 N–H and O–H groups in total. The lowest BCUT2D eigenvalue weighted by Gasteiger charge is -2.30. The van der Waals surface area contributed by atoms with Gasteiger partial charge in [0.05, 0.1) is 6.10 Å². The first-order valence-electron chi connectivity index (χ1n) is 10.9. The molecule has 0 aliphatic heterocycles. The Hall–Kier alpha value is -1.30. The number of terminal acetylenes is 1. The van der Waals surface area contributed by atoms with Crippen LogP contribution >= 0.6 is 0 Å². The largest absolute Gasteiger partial charge is 0.400 e. The van der Waals surface area contributed by atoms with Crippen molar-refractivity contribution < 1.29 is 10.2 Å². The number of hydrogen-bond donors (Lipinski definition) is 2. The lowest BCUT2D eigenvalue weighted by atomic mass is 9.76. The molecule has 0 spiro atoms. The van der Waals surface area contributed by atoms with E-state index in [9.17, 15) is 5.11 Å². The maximum Gasteiger partial charge on any atom is 0.0514 e. The van der Waals surface area contributed by atoms with E-state index in [2.05, 4.69) is 71.7 Å². The highest BCUT2D eigenvalue weighted by Gasteiger charge is 2.24. The first-order chi connectivity index (χ1) is 13.4. The van der Waals surface area contributed by atoms with E-state index in [0.29, 0.717) is 23.7 Å². The molecule has 4 atom stereocenters. The van der Waals surface area contributed by atoms with Gasteiger partial charge < -0.3 is 10.2 Å². The fourth-order valence-corrected chi connectivity index (χ4v) is 3.41. The van der Waals surface area contributed by atoms with E-state index in [0.717, 1.165) is 13.5 Å². The first kappa shape index (κ1) is 34.2. The van der Waals surface area contributed by atoms with Crippen molar-refractivity contribution >= 4 is 0 Å². The second kappa shape index (κ2) is 23.7. The number of aliphatic hydroxyl groups is 2. The predicted molar refractivity (Wildman–Crippen MR) is 129 cm³/mol. The van der Waals surface area contributed by atoms with Crippen molar-refractivity contribution in [2.75, 3.05) is 7.11 Å². The van der Waals surface area contributed by atoms with E-state index < -0.39 is 0 Å². The normalized spacial score (nSPS) is 13.4. The van der Waals surface area contributed by atoms with Gasteiger partial charge >= 0.3 is 0 Å². The average molecular weight is 395 g/mol. The van der Waals surface area contributed by atoms with Gasteiger partial charge in [0, 0.05) is 7.11 Å². The molecular formula is C26H50O2. The Morgan fingerprint density at radius 3 is 1.64 bits per heavy atom. The van der Waals surface area contributed by atoms with Gasteiger partial charge in [0.15, 0.2) is 0 Å². The summed E-state index contributed by atoms with van der Waals surface area (Å²) < 4.78 is 0. The molecular weight excluding hydrogens is 344 g/mol. The number of hydrogen-bond acceptors (Lipinski definition) is 2. The Morgan fingerprint density at radius 1 is 0.857 bits per heavy atom. The van der Waals surface area contributed by atoms with Gasteiger partial charge in [0.25, 0.3) is 0 Å². The third-order valence-corrected chi connectivity index (χ3v) is 4.66. The fraction of sp³-hybridized carbons (Fsp3) is 0.692. The van der Waals surface area contributed by atoms with Crippen LogP contribution in [-0.4, -0.2) is 23.4 Å². The van der Waals surface area contributed by atoms with Gasteiger partial charge in [0.1, 0.15) is 0 Å². The van der Waals surface area contributed by atoms with Crippen molar-refractivity contribution in [3.8, 4) is 12.8 Å². The standard InChI is InChI=1S/C19H32O.2C2H6.C2H2.CH4O/c1-7-19(14(4)11-15(5)20)16(6)18-10-8-9-17(12-18)13(2)3;4*1-2/h8-10,12-16,19-20H,7,11H2,1-6H3;2*1-2H3;1-2H;2H,1H3/t14-,15+,16-,19+;;;;/m1..../s1. The van der Waals surface area contributed by atoms with Crippen LogP contribution in [-0.2, 0) is 0 Å². The zero-order valence-electron chi connectivity index (χ0n) is 20.7. The molecule has 0 bridgehead atoms. The molecule has 0 fully saturated rings. The van der Waals surface area contributed by atoms with Crippen LogP contribution in [0.2, 0.25) is 0 Å². The van der Waals surface area contributed by atoms with E-state index in [4.69, 9.17) is 5.11 Å². The highest BCUT2D eigenvalue weighted by Crippen LogP contribution is 2.35. The molecule has 0 saturated carbocycles. The predicted octanol–water partition coefficient (Wildman–Crippen LogP) is 7.26. The summed E-state index contributed by atoms with van der Waals surface area (Å²) in [4.78, 5) is 0. The summed E-state index contributed by atoms with van der Waals surface area (Å²) in [6.07, 6.45) is 9.86. The maximum absolute atomic E-state index is 9.64. The Labute approximate surface area is 177 Å². The summed E-state index contributed by atoms with van der Waals surface area (Å²) in [5.74, 6) is 2.31. The van der Waals surface area contributed by atoms with Crippen molar-refractivity contribution in [1.29, 1.82) is 0 Å². The van der Waals surface area contributed by atoms with Crippen LogP contribution in [0.5, 0.6) is 0 Å². The minimum absolute atomic E-state index is 0.201. The molecule has 1 aromatic rings. The molecule has 0 aliphatic rings. The molecule has 0 saturated heterocycles. The summed E-state index contributed by atoms with van der Waals surface area (Å²) in [7, 11) is 1.00. The Bertz CT molecular complexity index is 435. The van der Waals surface area contributed by atoms with Crippen molar-refractivity contribution in [3.63, 3.8) is 0 Å². The minimum atomic E-state index is -0.201. The van der Waals surface area contributed by atoms with Gasteiger partial charge in [-0.2, -0.15) is 0 Å². The fourth-order valence-electron chi connectivity index (χ4n) is 3.41. The SMILES string of the molecule is C#C.CC.CC.CC[C@@H]([C@H](C)C[C@H](C)O)[C@H](C)c1cccc(C(C)C)c1.CO. The van der Waals surface area contributed by atoms with Crippen molar-refractivity contribution in [2.45, 2.75) is 100 Å². The molecule has 0 amide bonds. The topological polar surface area (TPSA) is 40.5 Å². The van der Waals surface area contributed by atoms with E-state index in [1.807, 2.05) is 34.6 Å². The van der Waals surface area contributed by atoms with Crippen LogP contribution < -0.4 is 0 Å². The van der Waals surface area contributed by atoms with Crippen LogP contribution in [0.1, 0.15) is 105 Å². The molecule has 2 nitrogen and oxygen atoms in total. The molecule has 1 rings (SSSR count). The van der Waals surface area contributed by atoms with Crippen LogP contribution in [0.25, 0.3) is 0 Å².